The molecule has 1 unspecified atom stereocenters. The van der Waals surface area contributed by atoms with Crippen LogP contribution in [0.3, 0.4) is 0 Å². The summed E-state index contributed by atoms with van der Waals surface area (Å²) >= 11 is 1.35. The first kappa shape index (κ1) is 19.0. The molecule has 0 spiro atoms. The second-order valence-corrected chi connectivity index (χ2v) is 6.72. The van der Waals surface area contributed by atoms with Gasteiger partial charge < -0.3 is 14.7 Å². The van der Waals surface area contributed by atoms with Crippen molar-refractivity contribution in [1.29, 1.82) is 0 Å². The Balaban J connectivity index is 1.90. The summed E-state index contributed by atoms with van der Waals surface area (Å²) in [6.07, 6.45) is 1.51. The zero-order valence-corrected chi connectivity index (χ0v) is 14.7. The lowest BCUT2D eigenvalue weighted by Gasteiger charge is -2.23. The number of benzene rings is 1. The Kier molecular flexibility index (Phi) is 6.63. The predicted molar refractivity (Wildman–Crippen MR) is 92.8 cm³/mol. The van der Waals surface area contributed by atoms with Crippen molar-refractivity contribution in [2.24, 2.45) is 0 Å². The smallest absolute Gasteiger partial charge is 0.311 e. The molecule has 0 aromatic heterocycles. The molecule has 25 heavy (non-hydrogen) atoms. The number of hydrogen-bond donors (Lipinski definition) is 1. The number of nitro groups is 1. The van der Waals surface area contributed by atoms with E-state index in [-0.39, 0.29) is 35.6 Å². The third-order valence-electron chi connectivity index (χ3n) is 4.04. The van der Waals surface area contributed by atoms with Crippen LogP contribution in [0.1, 0.15) is 24.8 Å². The molecule has 136 valence electrons. The average Bonchev–Trinajstić information content (AvgIpc) is 3.02. The molecule has 0 saturated carbocycles. The number of carbonyl (C=O) groups is 2. The minimum absolute atomic E-state index is 0.0267. The van der Waals surface area contributed by atoms with E-state index in [0.717, 1.165) is 12.0 Å². The third-order valence-corrected chi connectivity index (χ3v) is 5.03. The number of likely N-dealkylation sites (tertiary alicyclic amines) is 1. The largest absolute Gasteiger partial charge is 0.490 e. The van der Waals surface area contributed by atoms with Gasteiger partial charge in [-0.15, -0.1) is 11.8 Å². The summed E-state index contributed by atoms with van der Waals surface area (Å²) in [4.78, 5) is 35.3. The van der Waals surface area contributed by atoms with Crippen LogP contribution in [-0.2, 0) is 15.3 Å². The minimum Gasteiger partial charge on any atom is -0.490 e. The second kappa shape index (κ2) is 8.70. The number of carbonyl (C=O) groups excluding carboxylic acids is 1. The SMILES string of the molecule is COc1ccc(CSCC(=O)N2CCCC2CC(=O)O)cc1[N+](=O)[O-]. The van der Waals surface area contributed by atoms with Gasteiger partial charge in [-0.1, -0.05) is 6.07 Å². The van der Waals surface area contributed by atoms with E-state index < -0.39 is 10.9 Å². The summed E-state index contributed by atoms with van der Waals surface area (Å²) in [5.41, 5.74) is 0.627. The van der Waals surface area contributed by atoms with Crippen molar-refractivity contribution in [2.75, 3.05) is 19.4 Å². The number of amides is 1. The second-order valence-electron chi connectivity index (χ2n) is 5.74. The summed E-state index contributed by atoms with van der Waals surface area (Å²) in [6.45, 7) is 0.589. The number of carboxylic acid groups (broad SMARTS) is 1. The van der Waals surface area contributed by atoms with Gasteiger partial charge in [-0.2, -0.15) is 0 Å². The standard InChI is InChI=1S/C16H20N2O6S/c1-24-14-5-4-11(7-13(14)18(22)23)9-25-10-15(19)17-6-2-3-12(17)8-16(20)21/h4-5,7,12H,2-3,6,8-10H2,1H3,(H,20,21). The number of hydrogen-bond acceptors (Lipinski definition) is 6. The Hall–Kier alpha value is -2.29. The Morgan fingerprint density at radius 2 is 2.24 bits per heavy atom. The summed E-state index contributed by atoms with van der Waals surface area (Å²) in [5, 5.41) is 19.9. The Morgan fingerprint density at radius 1 is 1.48 bits per heavy atom. The van der Waals surface area contributed by atoms with Crippen molar-refractivity contribution in [3.8, 4) is 5.75 Å². The highest BCUT2D eigenvalue weighted by Crippen LogP contribution is 2.29. The molecule has 0 bridgehead atoms. The molecule has 8 nitrogen and oxygen atoms in total. The molecule has 1 aromatic carbocycles. The summed E-state index contributed by atoms with van der Waals surface area (Å²) in [5.74, 6) is -0.118. The molecule has 1 saturated heterocycles. The zero-order valence-electron chi connectivity index (χ0n) is 13.8. The predicted octanol–water partition coefficient (Wildman–Crippen LogP) is 2.30. The lowest BCUT2D eigenvalue weighted by Crippen LogP contribution is -2.37. The van der Waals surface area contributed by atoms with Crippen LogP contribution in [0.5, 0.6) is 5.75 Å². The number of methoxy groups -OCH3 is 1. The Bertz CT molecular complexity index is 666. The van der Waals surface area contributed by atoms with Crippen molar-refractivity contribution in [1.82, 2.24) is 4.90 Å². The molecule has 0 aliphatic carbocycles. The van der Waals surface area contributed by atoms with Crippen molar-refractivity contribution in [3.05, 3.63) is 33.9 Å². The number of aliphatic carboxylic acids is 1. The number of nitrogens with zero attached hydrogens (tertiary/aromatic N) is 2. The average molecular weight is 368 g/mol. The van der Waals surface area contributed by atoms with Gasteiger partial charge in [0.05, 0.1) is 24.2 Å². The van der Waals surface area contributed by atoms with Gasteiger partial charge in [0.25, 0.3) is 0 Å². The van der Waals surface area contributed by atoms with Crippen LogP contribution < -0.4 is 4.74 Å². The molecule has 1 fully saturated rings. The maximum atomic E-state index is 12.3. The monoisotopic (exact) mass is 368 g/mol. The Morgan fingerprint density at radius 3 is 2.88 bits per heavy atom. The van der Waals surface area contributed by atoms with Crippen LogP contribution in [0.25, 0.3) is 0 Å². The molecular weight excluding hydrogens is 348 g/mol. The van der Waals surface area contributed by atoms with Gasteiger partial charge in [0, 0.05) is 24.4 Å². The highest BCUT2D eigenvalue weighted by atomic mass is 32.2. The molecule has 9 heteroatoms. The fourth-order valence-electron chi connectivity index (χ4n) is 2.88. The molecule has 1 aromatic rings. The minimum atomic E-state index is -0.900. The number of ether oxygens (including phenoxy) is 1. The molecular formula is C16H20N2O6S. The number of nitro benzene ring substituents is 1. The van der Waals surface area contributed by atoms with E-state index in [1.54, 1.807) is 17.0 Å². The fraction of sp³-hybridized carbons (Fsp3) is 0.500. The van der Waals surface area contributed by atoms with Crippen LogP contribution >= 0.6 is 11.8 Å². The highest BCUT2D eigenvalue weighted by Gasteiger charge is 2.30. The van der Waals surface area contributed by atoms with E-state index in [2.05, 4.69) is 0 Å². The van der Waals surface area contributed by atoms with Gasteiger partial charge in [-0.3, -0.25) is 19.7 Å². The van der Waals surface area contributed by atoms with E-state index in [9.17, 15) is 19.7 Å². The first-order valence-electron chi connectivity index (χ1n) is 7.82. The van der Waals surface area contributed by atoms with Crippen molar-refractivity contribution >= 4 is 29.3 Å². The molecule has 1 aliphatic heterocycles. The summed E-state index contributed by atoms with van der Waals surface area (Å²) in [6, 6.07) is 4.48. The Labute approximate surface area is 149 Å². The first-order valence-corrected chi connectivity index (χ1v) is 8.98. The van der Waals surface area contributed by atoms with E-state index in [1.165, 1.54) is 24.9 Å². The van der Waals surface area contributed by atoms with Crippen molar-refractivity contribution in [2.45, 2.75) is 31.1 Å². The summed E-state index contributed by atoms with van der Waals surface area (Å²) < 4.78 is 4.96. The quantitative estimate of drug-likeness (QED) is 0.554. The lowest BCUT2D eigenvalue weighted by atomic mass is 10.1. The van der Waals surface area contributed by atoms with Crippen LogP contribution in [0.15, 0.2) is 18.2 Å². The topological polar surface area (TPSA) is 110 Å². The van der Waals surface area contributed by atoms with Gasteiger partial charge in [-0.25, -0.2) is 0 Å². The van der Waals surface area contributed by atoms with Crippen LogP contribution in [-0.4, -0.2) is 52.3 Å². The normalized spacial score (nSPS) is 16.7. The molecule has 1 atom stereocenters. The molecule has 1 aliphatic rings. The third kappa shape index (κ3) is 5.09. The highest BCUT2D eigenvalue weighted by molar-refractivity contribution is 7.99. The molecule has 2 rings (SSSR count). The van der Waals surface area contributed by atoms with Gasteiger partial charge in [0.15, 0.2) is 5.75 Å². The van der Waals surface area contributed by atoms with Crippen LogP contribution in [0, 0.1) is 10.1 Å². The fourth-order valence-corrected chi connectivity index (χ4v) is 3.74. The molecule has 1 heterocycles. The number of rotatable bonds is 8. The van der Waals surface area contributed by atoms with Crippen LogP contribution in [0.4, 0.5) is 5.69 Å². The van der Waals surface area contributed by atoms with Gasteiger partial charge in [0.1, 0.15) is 0 Å². The van der Waals surface area contributed by atoms with Crippen molar-refractivity contribution < 1.29 is 24.4 Å². The van der Waals surface area contributed by atoms with E-state index >= 15 is 0 Å². The molecule has 1 amide bonds. The number of carboxylic acids is 1. The van der Waals surface area contributed by atoms with Gasteiger partial charge in [0.2, 0.25) is 5.91 Å². The van der Waals surface area contributed by atoms with Gasteiger partial charge >= 0.3 is 11.7 Å². The molecule has 0 radical (unpaired) electrons. The summed E-state index contributed by atoms with van der Waals surface area (Å²) in [7, 11) is 1.37. The van der Waals surface area contributed by atoms with Crippen molar-refractivity contribution in [3.63, 3.8) is 0 Å². The molecule has 1 N–H and O–H groups in total. The lowest BCUT2D eigenvalue weighted by molar-refractivity contribution is -0.385. The zero-order chi connectivity index (χ0) is 18.4. The van der Waals surface area contributed by atoms with Crippen LogP contribution in [0.2, 0.25) is 0 Å². The van der Waals surface area contributed by atoms with E-state index in [4.69, 9.17) is 9.84 Å². The van der Waals surface area contributed by atoms with E-state index in [1.807, 2.05) is 0 Å². The number of thioether (sulfide) groups is 1. The maximum absolute atomic E-state index is 12.3. The van der Waals surface area contributed by atoms with Gasteiger partial charge in [-0.05, 0) is 24.5 Å². The maximum Gasteiger partial charge on any atom is 0.311 e. The first-order chi connectivity index (χ1) is 11.9. The van der Waals surface area contributed by atoms with E-state index in [0.29, 0.717) is 18.7 Å².